The van der Waals surface area contributed by atoms with Gasteiger partial charge in [-0.3, -0.25) is 0 Å². The summed E-state index contributed by atoms with van der Waals surface area (Å²) in [6, 6.07) is 3.81. The molecule has 5 nitrogen and oxygen atoms in total. The van der Waals surface area contributed by atoms with E-state index in [1.807, 2.05) is 12.1 Å². The van der Waals surface area contributed by atoms with Crippen LogP contribution >= 0.6 is 0 Å². The highest BCUT2D eigenvalue weighted by atomic mass is 16.5. The summed E-state index contributed by atoms with van der Waals surface area (Å²) in [6.07, 6.45) is 3.79. The van der Waals surface area contributed by atoms with Crippen molar-refractivity contribution in [3.8, 4) is 17.2 Å². The smallest absolute Gasteiger partial charge is 0.203 e. The minimum absolute atomic E-state index is 0.280. The van der Waals surface area contributed by atoms with Crippen molar-refractivity contribution in [2.24, 2.45) is 0 Å². The van der Waals surface area contributed by atoms with Gasteiger partial charge >= 0.3 is 0 Å². The fourth-order valence-corrected chi connectivity index (χ4v) is 2.38. The summed E-state index contributed by atoms with van der Waals surface area (Å²) in [5.41, 5.74) is 0.939. The molecule has 2 rings (SSSR count). The third-order valence-electron chi connectivity index (χ3n) is 3.47. The van der Waals surface area contributed by atoms with Gasteiger partial charge in [0, 0.05) is 31.0 Å². The lowest BCUT2D eigenvalue weighted by Gasteiger charge is -2.23. The second-order valence-electron chi connectivity index (χ2n) is 4.78. The molecular weight excluding hydrogens is 258 g/mol. The molecule has 1 unspecified atom stereocenters. The fourth-order valence-electron chi connectivity index (χ4n) is 2.38. The van der Waals surface area contributed by atoms with Crippen LogP contribution < -0.4 is 19.5 Å². The van der Waals surface area contributed by atoms with E-state index in [-0.39, 0.29) is 6.10 Å². The van der Waals surface area contributed by atoms with Crippen molar-refractivity contribution in [1.29, 1.82) is 0 Å². The van der Waals surface area contributed by atoms with Crippen LogP contribution in [0.5, 0.6) is 17.2 Å². The molecule has 1 aromatic carbocycles. The Morgan fingerprint density at radius 2 is 1.80 bits per heavy atom. The zero-order valence-electron chi connectivity index (χ0n) is 12.4. The SMILES string of the molecule is COc1cc(NCC2CCCCO2)cc(OC)c1OC. The van der Waals surface area contributed by atoms with Crippen molar-refractivity contribution >= 4 is 5.69 Å². The van der Waals surface area contributed by atoms with Gasteiger partial charge in [0.25, 0.3) is 0 Å². The first-order chi connectivity index (χ1) is 9.78. The Morgan fingerprint density at radius 3 is 2.30 bits per heavy atom. The maximum Gasteiger partial charge on any atom is 0.203 e. The Balaban J connectivity index is 2.06. The number of ether oxygens (including phenoxy) is 4. The molecule has 1 aliphatic rings. The molecule has 1 atom stereocenters. The lowest BCUT2D eigenvalue weighted by atomic mass is 10.1. The number of hydrogen-bond acceptors (Lipinski definition) is 5. The van der Waals surface area contributed by atoms with E-state index < -0.39 is 0 Å². The van der Waals surface area contributed by atoms with E-state index in [1.54, 1.807) is 21.3 Å². The summed E-state index contributed by atoms with van der Waals surface area (Å²) in [5, 5.41) is 3.37. The van der Waals surface area contributed by atoms with E-state index in [0.29, 0.717) is 17.2 Å². The molecular formula is C15H23NO4. The number of benzene rings is 1. The van der Waals surface area contributed by atoms with Gasteiger partial charge in [-0.2, -0.15) is 0 Å². The molecule has 1 aromatic rings. The van der Waals surface area contributed by atoms with Gasteiger partial charge in [-0.1, -0.05) is 0 Å². The minimum atomic E-state index is 0.280. The lowest BCUT2D eigenvalue weighted by molar-refractivity contribution is 0.0247. The monoisotopic (exact) mass is 281 g/mol. The molecule has 1 aliphatic heterocycles. The lowest BCUT2D eigenvalue weighted by Crippen LogP contribution is -2.26. The number of anilines is 1. The van der Waals surface area contributed by atoms with E-state index in [1.165, 1.54) is 12.8 Å². The highest BCUT2D eigenvalue weighted by Gasteiger charge is 2.16. The number of nitrogens with one attached hydrogen (secondary N) is 1. The molecule has 0 spiro atoms. The van der Waals surface area contributed by atoms with Gasteiger partial charge in [0.15, 0.2) is 11.5 Å². The van der Waals surface area contributed by atoms with Crippen molar-refractivity contribution in [2.75, 3.05) is 39.8 Å². The Morgan fingerprint density at radius 1 is 1.10 bits per heavy atom. The van der Waals surface area contributed by atoms with Crippen LogP contribution in [-0.4, -0.2) is 40.6 Å². The predicted molar refractivity (Wildman–Crippen MR) is 78.2 cm³/mol. The highest BCUT2D eigenvalue weighted by Crippen LogP contribution is 2.39. The van der Waals surface area contributed by atoms with Gasteiger partial charge < -0.3 is 24.3 Å². The molecule has 1 saturated heterocycles. The number of hydrogen-bond donors (Lipinski definition) is 1. The average molecular weight is 281 g/mol. The second-order valence-corrected chi connectivity index (χ2v) is 4.78. The quantitative estimate of drug-likeness (QED) is 0.868. The van der Waals surface area contributed by atoms with E-state index >= 15 is 0 Å². The standard InChI is InChI=1S/C15H23NO4/c1-17-13-8-11(9-14(18-2)15(13)19-3)16-10-12-6-4-5-7-20-12/h8-9,12,16H,4-7,10H2,1-3H3. The van der Waals surface area contributed by atoms with E-state index in [4.69, 9.17) is 18.9 Å². The third kappa shape index (κ3) is 3.48. The zero-order valence-corrected chi connectivity index (χ0v) is 12.4. The fraction of sp³-hybridized carbons (Fsp3) is 0.600. The first kappa shape index (κ1) is 14.8. The topological polar surface area (TPSA) is 49.0 Å². The molecule has 5 heteroatoms. The second kappa shape index (κ2) is 7.24. The molecule has 20 heavy (non-hydrogen) atoms. The molecule has 0 saturated carbocycles. The van der Waals surface area contributed by atoms with Crippen molar-refractivity contribution < 1.29 is 18.9 Å². The number of methoxy groups -OCH3 is 3. The first-order valence-electron chi connectivity index (χ1n) is 6.94. The molecule has 0 bridgehead atoms. The first-order valence-corrected chi connectivity index (χ1v) is 6.94. The maximum absolute atomic E-state index is 5.71. The Kier molecular flexibility index (Phi) is 5.35. The predicted octanol–water partition coefficient (Wildman–Crippen LogP) is 2.69. The summed E-state index contributed by atoms with van der Waals surface area (Å²) in [6.45, 7) is 1.65. The molecule has 112 valence electrons. The summed E-state index contributed by atoms with van der Waals surface area (Å²) in [7, 11) is 4.83. The van der Waals surface area contributed by atoms with Gasteiger partial charge in [0.05, 0.1) is 27.4 Å². The van der Waals surface area contributed by atoms with Crippen LogP contribution in [0.1, 0.15) is 19.3 Å². The molecule has 0 aliphatic carbocycles. The Labute approximate surface area is 120 Å². The van der Waals surface area contributed by atoms with E-state index in [2.05, 4.69) is 5.32 Å². The minimum Gasteiger partial charge on any atom is -0.493 e. The number of rotatable bonds is 6. The van der Waals surface area contributed by atoms with Crippen LogP contribution in [0.4, 0.5) is 5.69 Å². The van der Waals surface area contributed by atoms with Crippen LogP contribution in [-0.2, 0) is 4.74 Å². The van der Waals surface area contributed by atoms with Crippen LogP contribution in [0.25, 0.3) is 0 Å². The third-order valence-corrected chi connectivity index (χ3v) is 3.47. The molecule has 0 radical (unpaired) electrons. The largest absolute Gasteiger partial charge is 0.493 e. The van der Waals surface area contributed by atoms with Crippen molar-refractivity contribution in [1.82, 2.24) is 0 Å². The molecule has 0 amide bonds. The van der Waals surface area contributed by atoms with E-state index in [0.717, 1.165) is 25.3 Å². The van der Waals surface area contributed by atoms with Crippen molar-refractivity contribution in [3.63, 3.8) is 0 Å². The van der Waals surface area contributed by atoms with Crippen LogP contribution in [0.2, 0.25) is 0 Å². The Hall–Kier alpha value is -1.62. The van der Waals surface area contributed by atoms with Gasteiger partial charge in [-0.05, 0) is 19.3 Å². The van der Waals surface area contributed by atoms with Gasteiger partial charge in [0.2, 0.25) is 5.75 Å². The molecule has 1 fully saturated rings. The maximum atomic E-state index is 5.71. The Bertz CT molecular complexity index is 405. The van der Waals surface area contributed by atoms with E-state index in [9.17, 15) is 0 Å². The summed E-state index contributed by atoms with van der Waals surface area (Å²) in [5.74, 6) is 1.91. The van der Waals surface area contributed by atoms with Crippen LogP contribution in [0.3, 0.4) is 0 Å². The normalized spacial score (nSPS) is 18.4. The van der Waals surface area contributed by atoms with Gasteiger partial charge in [-0.15, -0.1) is 0 Å². The highest BCUT2D eigenvalue weighted by molar-refractivity contribution is 5.62. The van der Waals surface area contributed by atoms with Crippen molar-refractivity contribution in [2.45, 2.75) is 25.4 Å². The summed E-state index contributed by atoms with van der Waals surface area (Å²) in [4.78, 5) is 0. The molecule has 1 N–H and O–H groups in total. The van der Waals surface area contributed by atoms with Crippen molar-refractivity contribution in [3.05, 3.63) is 12.1 Å². The average Bonchev–Trinajstić information content (AvgIpc) is 2.52. The van der Waals surface area contributed by atoms with Gasteiger partial charge in [-0.25, -0.2) is 0 Å². The van der Waals surface area contributed by atoms with Gasteiger partial charge in [0.1, 0.15) is 0 Å². The zero-order chi connectivity index (χ0) is 14.4. The van der Waals surface area contributed by atoms with Crippen LogP contribution in [0, 0.1) is 0 Å². The van der Waals surface area contributed by atoms with Crippen LogP contribution in [0.15, 0.2) is 12.1 Å². The molecule has 0 aromatic heterocycles. The summed E-state index contributed by atoms with van der Waals surface area (Å²) >= 11 is 0. The summed E-state index contributed by atoms with van der Waals surface area (Å²) < 4.78 is 21.7. The molecule has 1 heterocycles.